The van der Waals surface area contributed by atoms with Gasteiger partial charge in [-0.1, -0.05) is 41.4 Å². The minimum atomic E-state index is -0.451. The van der Waals surface area contributed by atoms with E-state index in [9.17, 15) is 4.79 Å². The molecule has 33 heavy (non-hydrogen) atoms. The number of amides is 1. The van der Waals surface area contributed by atoms with Gasteiger partial charge in [0.05, 0.1) is 22.8 Å². The highest BCUT2D eigenvalue weighted by atomic mass is 35.5. The molecule has 0 spiro atoms. The fraction of sp³-hybridized carbons (Fsp3) is 0.0400. The number of furan rings is 1. The number of methoxy groups -OCH3 is 1. The largest absolute Gasteiger partial charge is 0.495 e. The fourth-order valence-electron chi connectivity index (χ4n) is 3.42. The zero-order valence-electron chi connectivity index (χ0n) is 17.3. The van der Waals surface area contributed by atoms with Crippen molar-refractivity contribution in [2.24, 2.45) is 0 Å². The number of para-hydroxylation sites is 2. The number of hydrogen-bond acceptors (Lipinski definition) is 5. The number of nitrogens with one attached hydrogen (secondary N) is 1. The fourth-order valence-corrected chi connectivity index (χ4v) is 3.81. The first-order valence-corrected chi connectivity index (χ1v) is 10.7. The van der Waals surface area contributed by atoms with E-state index in [2.05, 4.69) is 10.3 Å². The van der Waals surface area contributed by atoms with Gasteiger partial charge in [0.25, 0.3) is 5.91 Å². The highest BCUT2D eigenvalue weighted by Gasteiger charge is 2.18. The Morgan fingerprint density at radius 1 is 0.970 bits per heavy atom. The van der Waals surface area contributed by atoms with Crippen LogP contribution < -0.4 is 10.1 Å². The maximum Gasteiger partial charge on any atom is 0.291 e. The molecule has 0 aliphatic heterocycles. The lowest BCUT2D eigenvalue weighted by Gasteiger charge is -2.10. The maximum absolute atomic E-state index is 12.9. The Hall–Kier alpha value is -3.74. The molecule has 8 heteroatoms. The van der Waals surface area contributed by atoms with E-state index in [1.54, 1.807) is 42.5 Å². The molecule has 0 saturated heterocycles. The smallest absolute Gasteiger partial charge is 0.291 e. The Morgan fingerprint density at radius 3 is 2.64 bits per heavy atom. The minimum absolute atomic E-state index is 0.107. The summed E-state index contributed by atoms with van der Waals surface area (Å²) in [4.78, 5) is 17.4. The lowest BCUT2D eigenvalue weighted by atomic mass is 10.1. The van der Waals surface area contributed by atoms with Crippen molar-refractivity contribution in [3.05, 3.63) is 88.6 Å². The molecule has 0 aliphatic carbocycles. The molecule has 2 heterocycles. The first-order valence-electron chi connectivity index (χ1n) is 9.93. The van der Waals surface area contributed by atoms with Crippen molar-refractivity contribution >= 4 is 45.9 Å². The van der Waals surface area contributed by atoms with Crippen molar-refractivity contribution in [2.75, 3.05) is 12.4 Å². The average Bonchev–Trinajstić information content (AvgIpc) is 3.48. The highest BCUT2D eigenvalue weighted by molar-refractivity contribution is 6.43. The van der Waals surface area contributed by atoms with Gasteiger partial charge in [-0.2, -0.15) is 0 Å². The number of aromatic nitrogens is 1. The molecule has 3 aromatic carbocycles. The zero-order valence-corrected chi connectivity index (χ0v) is 18.8. The van der Waals surface area contributed by atoms with Crippen molar-refractivity contribution in [2.45, 2.75) is 0 Å². The van der Waals surface area contributed by atoms with Crippen LogP contribution in [0.4, 0.5) is 5.69 Å². The van der Waals surface area contributed by atoms with Gasteiger partial charge in [-0.3, -0.25) is 4.79 Å². The molecular weight excluding hydrogens is 463 g/mol. The van der Waals surface area contributed by atoms with Gasteiger partial charge in [-0.15, -0.1) is 0 Å². The van der Waals surface area contributed by atoms with E-state index in [1.165, 1.54) is 7.11 Å². The highest BCUT2D eigenvalue weighted by Crippen LogP contribution is 2.35. The molecule has 0 atom stereocenters. The summed E-state index contributed by atoms with van der Waals surface area (Å²) in [6.07, 6.45) is 0. The summed E-state index contributed by atoms with van der Waals surface area (Å²) in [5.41, 5.74) is 3.15. The van der Waals surface area contributed by atoms with Crippen LogP contribution in [0.5, 0.6) is 5.75 Å². The second-order valence-corrected chi connectivity index (χ2v) is 7.91. The second-order valence-electron chi connectivity index (χ2n) is 7.12. The van der Waals surface area contributed by atoms with E-state index in [-0.39, 0.29) is 5.76 Å². The Labute approximate surface area is 198 Å². The van der Waals surface area contributed by atoms with Crippen molar-refractivity contribution < 1.29 is 18.4 Å². The average molecular weight is 479 g/mol. The normalized spacial score (nSPS) is 11.0. The van der Waals surface area contributed by atoms with Gasteiger partial charge in [-0.05, 0) is 54.6 Å². The Bertz CT molecular complexity index is 1460. The van der Waals surface area contributed by atoms with Crippen molar-refractivity contribution in [3.63, 3.8) is 0 Å². The quantitative estimate of drug-likeness (QED) is 0.286. The third-order valence-corrected chi connectivity index (χ3v) is 5.85. The second kappa shape index (κ2) is 8.65. The first kappa shape index (κ1) is 21.1. The number of carbonyl (C=O) groups is 1. The lowest BCUT2D eigenvalue weighted by Crippen LogP contribution is -2.11. The number of oxazole rings is 1. The molecule has 0 bridgehead atoms. The predicted octanol–water partition coefficient (Wildman–Crippen LogP) is 7.32. The Balaban J connectivity index is 1.44. The summed E-state index contributed by atoms with van der Waals surface area (Å²) in [5, 5.41) is 3.58. The Kier molecular flexibility index (Phi) is 5.54. The number of anilines is 1. The van der Waals surface area contributed by atoms with Crippen LogP contribution in [-0.4, -0.2) is 18.0 Å². The Morgan fingerprint density at radius 2 is 1.82 bits per heavy atom. The number of nitrogens with zero attached hydrogens (tertiary/aromatic N) is 1. The molecule has 0 radical (unpaired) electrons. The number of ether oxygens (including phenoxy) is 1. The van der Waals surface area contributed by atoms with Crippen LogP contribution in [0.15, 0.2) is 81.6 Å². The van der Waals surface area contributed by atoms with Gasteiger partial charge in [0.1, 0.15) is 17.0 Å². The van der Waals surface area contributed by atoms with Crippen LogP contribution >= 0.6 is 23.2 Å². The number of carbonyl (C=O) groups excluding carboxylic acids is 1. The van der Waals surface area contributed by atoms with Crippen LogP contribution in [0.1, 0.15) is 10.6 Å². The first-order chi connectivity index (χ1) is 16.0. The summed E-state index contributed by atoms with van der Waals surface area (Å²) >= 11 is 12.4. The molecule has 0 unspecified atom stereocenters. The molecule has 2 aromatic heterocycles. The topological polar surface area (TPSA) is 77.5 Å². The lowest BCUT2D eigenvalue weighted by molar-refractivity contribution is 0.0997. The molecule has 5 rings (SSSR count). The number of halogens is 2. The molecule has 1 amide bonds. The van der Waals surface area contributed by atoms with Crippen molar-refractivity contribution in [1.82, 2.24) is 4.98 Å². The summed E-state index contributed by atoms with van der Waals surface area (Å²) in [6.45, 7) is 0. The molecule has 0 aliphatic rings. The van der Waals surface area contributed by atoms with Crippen LogP contribution in [0.3, 0.4) is 0 Å². The van der Waals surface area contributed by atoms with Gasteiger partial charge >= 0.3 is 0 Å². The standard InChI is InChI=1S/C25H16Cl2N2O4/c1-31-20-10-9-14(25-29-17-7-2-3-8-21(17)33-25)13-18(20)28-24(30)22-12-11-19(32-22)15-5-4-6-16(26)23(15)27/h2-13H,1H3,(H,28,30). The van der Waals surface area contributed by atoms with Crippen LogP contribution in [0.2, 0.25) is 10.0 Å². The van der Waals surface area contributed by atoms with Crippen LogP contribution in [-0.2, 0) is 0 Å². The molecule has 6 nitrogen and oxygen atoms in total. The molecule has 164 valence electrons. The van der Waals surface area contributed by atoms with Gasteiger partial charge in [0.15, 0.2) is 11.3 Å². The summed E-state index contributed by atoms with van der Waals surface area (Å²) < 4.78 is 17.0. The third kappa shape index (κ3) is 4.06. The SMILES string of the molecule is COc1ccc(-c2nc3ccccc3o2)cc1NC(=O)c1ccc(-c2cccc(Cl)c2Cl)o1. The summed E-state index contributed by atoms with van der Waals surface area (Å²) in [5.74, 6) is 1.00. The van der Waals surface area contributed by atoms with Gasteiger partial charge in [-0.25, -0.2) is 4.98 Å². The van der Waals surface area contributed by atoms with Gasteiger partial charge in [0, 0.05) is 11.1 Å². The molecule has 0 saturated carbocycles. The van der Waals surface area contributed by atoms with Crippen LogP contribution in [0.25, 0.3) is 33.9 Å². The number of rotatable bonds is 5. The number of benzene rings is 3. The van der Waals surface area contributed by atoms with E-state index >= 15 is 0 Å². The van der Waals surface area contributed by atoms with E-state index < -0.39 is 5.91 Å². The van der Waals surface area contributed by atoms with Gasteiger partial charge < -0.3 is 18.9 Å². The predicted molar refractivity (Wildman–Crippen MR) is 128 cm³/mol. The zero-order chi connectivity index (χ0) is 22.9. The molecular formula is C25H16Cl2N2O4. The van der Waals surface area contributed by atoms with Crippen LogP contribution in [0, 0.1) is 0 Å². The van der Waals surface area contributed by atoms with Crippen molar-refractivity contribution in [1.29, 1.82) is 0 Å². The molecule has 5 aromatic rings. The maximum atomic E-state index is 12.9. The third-order valence-electron chi connectivity index (χ3n) is 5.04. The van der Waals surface area contributed by atoms with E-state index in [0.29, 0.717) is 49.8 Å². The molecule has 0 fully saturated rings. The van der Waals surface area contributed by atoms with Crippen molar-refractivity contribution in [3.8, 4) is 28.5 Å². The molecule has 1 N–H and O–H groups in total. The summed E-state index contributed by atoms with van der Waals surface area (Å²) in [7, 11) is 1.52. The summed E-state index contributed by atoms with van der Waals surface area (Å²) in [6, 6.07) is 21.2. The monoisotopic (exact) mass is 478 g/mol. The van der Waals surface area contributed by atoms with E-state index in [4.69, 9.17) is 36.8 Å². The van der Waals surface area contributed by atoms with E-state index in [1.807, 2.05) is 30.3 Å². The minimum Gasteiger partial charge on any atom is -0.495 e. The van der Waals surface area contributed by atoms with Gasteiger partial charge in [0.2, 0.25) is 5.89 Å². The number of fused-ring (bicyclic) bond motifs is 1. The van der Waals surface area contributed by atoms with E-state index in [0.717, 1.165) is 5.52 Å². The number of hydrogen-bond donors (Lipinski definition) is 1.